The molecule has 4 rings (SSSR count). The fourth-order valence-electron chi connectivity index (χ4n) is 3.98. The van der Waals surface area contributed by atoms with Gasteiger partial charge in [-0.3, -0.25) is 4.90 Å². The minimum Gasteiger partial charge on any atom is -0.397 e. The van der Waals surface area contributed by atoms with Gasteiger partial charge in [0.2, 0.25) is 0 Å². The molecule has 2 N–H and O–H groups in total. The molecular weight excluding hydrogens is 341 g/mol. The maximum atomic E-state index is 15.0. The first-order valence-electron chi connectivity index (χ1n) is 9.32. The summed E-state index contributed by atoms with van der Waals surface area (Å²) in [4.78, 5) is 8.91. The molecule has 142 valence electrons. The summed E-state index contributed by atoms with van der Waals surface area (Å²) in [7, 11) is 4.08. The topological polar surface area (TPSA) is 50.3 Å². The van der Waals surface area contributed by atoms with E-state index in [1.54, 1.807) is 18.5 Å². The SMILES string of the molecule is C[C@@H]1CN(c2cc(F)c(-c3ccc4c(c3)ncn4C)cc2N)C[C@H](C)N1C. The molecule has 1 saturated heterocycles. The number of hydrogen-bond acceptors (Lipinski definition) is 4. The summed E-state index contributed by atoms with van der Waals surface area (Å²) in [6, 6.07) is 9.91. The van der Waals surface area contributed by atoms with Crippen molar-refractivity contribution in [3.63, 3.8) is 0 Å². The summed E-state index contributed by atoms with van der Waals surface area (Å²) in [5.41, 5.74) is 10.9. The molecular formula is C21H26FN5. The fourth-order valence-corrected chi connectivity index (χ4v) is 3.98. The van der Waals surface area contributed by atoms with E-state index < -0.39 is 0 Å². The van der Waals surface area contributed by atoms with Gasteiger partial charge in [-0.2, -0.15) is 0 Å². The first-order chi connectivity index (χ1) is 12.8. The van der Waals surface area contributed by atoms with E-state index in [4.69, 9.17) is 5.73 Å². The number of anilines is 2. The van der Waals surface area contributed by atoms with E-state index >= 15 is 4.39 Å². The molecule has 3 aromatic rings. The second kappa shape index (κ2) is 6.53. The van der Waals surface area contributed by atoms with Gasteiger partial charge in [-0.05, 0) is 50.7 Å². The Hall–Kier alpha value is -2.60. The van der Waals surface area contributed by atoms with Gasteiger partial charge in [0, 0.05) is 37.8 Å². The summed E-state index contributed by atoms with van der Waals surface area (Å²) >= 11 is 0. The molecule has 2 aromatic carbocycles. The van der Waals surface area contributed by atoms with Gasteiger partial charge < -0.3 is 15.2 Å². The zero-order valence-electron chi connectivity index (χ0n) is 16.3. The fraction of sp³-hybridized carbons (Fsp3) is 0.381. The van der Waals surface area contributed by atoms with Crippen LogP contribution in [0, 0.1) is 5.82 Å². The van der Waals surface area contributed by atoms with Crippen LogP contribution in [0.2, 0.25) is 0 Å². The molecule has 1 aliphatic heterocycles. The second-order valence-electron chi connectivity index (χ2n) is 7.72. The maximum Gasteiger partial charge on any atom is 0.133 e. The van der Waals surface area contributed by atoms with Crippen molar-refractivity contribution < 1.29 is 4.39 Å². The summed E-state index contributed by atoms with van der Waals surface area (Å²) in [5.74, 6) is -0.256. The number of nitrogens with two attached hydrogens (primary N) is 1. The molecule has 0 aliphatic carbocycles. The van der Waals surface area contributed by atoms with Crippen LogP contribution >= 0.6 is 0 Å². The number of hydrogen-bond donors (Lipinski definition) is 1. The number of aromatic nitrogens is 2. The molecule has 0 amide bonds. The Morgan fingerprint density at radius 1 is 1.07 bits per heavy atom. The molecule has 6 heteroatoms. The highest BCUT2D eigenvalue weighted by atomic mass is 19.1. The lowest BCUT2D eigenvalue weighted by Gasteiger charge is -2.43. The highest BCUT2D eigenvalue weighted by molar-refractivity contribution is 5.84. The number of rotatable bonds is 2. The third kappa shape index (κ3) is 3.04. The van der Waals surface area contributed by atoms with Crippen LogP contribution in [-0.2, 0) is 7.05 Å². The average Bonchev–Trinajstić information content (AvgIpc) is 3.01. The normalized spacial score (nSPS) is 21.1. The molecule has 0 bridgehead atoms. The van der Waals surface area contributed by atoms with Gasteiger partial charge in [0.1, 0.15) is 5.82 Å². The Labute approximate surface area is 159 Å². The molecule has 1 fully saturated rings. The third-order valence-corrected chi connectivity index (χ3v) is 5.85. The average molecular weight is 367 g/mol. The van der Waals surface area contributed by atoms with E-state index in [1.807, 2.05) is 29.8 Å². The molecule has 1 aromatic heterocycles. The zero-order chi connectivity index (χ0) is 19.3. The van der Waals surface area contributed by atoms with Crippen molar-refractivity contribution in [1.82, 2.24) is 14.5 Å². The van der Waals surface area contributed by atoms with E-state index in [2.05, 4.69) is 35.7 Å². The summed E-state index contributed by atoms with van der Waals surface area (Å²) in [6.07, 6.45) is 1.76. The number of nitrogens with zero attached hydrogens (tertiary/aromatic N) is 4. The maximum absolute atomic E-state index is 15.0. The molecule has 0 unspecified atom stereocenters. The number of piperazine rings is 1. The van der Waals surface area contributed by atoms with Crippen LogP contribution in [0.5, 0.6) is 0 Å². The summed E-state index contributed by atoms with van der Waals surface area (Å²) in [6.45, 7) is 6.05. The lowest BCUT2D eigenvalue weighted by Crippen LogP contribution is -2.55. The third-order valence-electron chi connectivity index (χ3n) is 5.85. The van der Waals surface area contributed by atoms with Crippen molar-refractivity contribution in [2.75, 3.05) is 30.8 Å². The largest absolute Gasteiger partial charge is 0.397 e. The number of fused-ring (bicyclic) bond motifs is 1. The smallest absolute Gasteiger partial charge is 0.133 e. The van der Waals surface area contributed by atoms with E-state index in [9.17, 15) is 0 Å². The Balaban J connectivity index is 1.71. The van der Waals surface area contributed by atoms with Gasteiger partial charge in [-0.1, -0.05) is 6.07 Å². The molecule has 2 atom stereocenters. The number of likely N-dealkylation sites (N-methyl/N-ethyl adjacent to an activating group) is 1. The van der Waals surface area contributed by atoms with E-state index in [0.29, 0.717) is 23.3 Å². The van der Waals surface area contributed by atoms with Crippen LogP contribution in [-0.4, -0.2) is 46.7 Å². The molecule has 2 heterocycles. The van der Waals surface area contributed by atoms with E-state index in [1.165, 1.54) is 0 Å². The van der Waals surface area contributed by atoms with Crippen molar-refractivity contribution in [2.45, 2.75) is 25.9 Å². The van der Waals surface area contributed by atoms with Crippen molar-refractivity contribution in [1.29, 1.82) is 0 Å². The Kier molecular flexibility index (Phi) is 4.30. The minimum atomic E-state index is -0.256. The van der Waals surface area contributed by atoms with Crippen molar-refractivity contribution >= 4 is 22.4 Å². The van der Waals surface area contributed by atoms with Crippen LogP contribution < -0.4 is 10.6 Å². The van der Waals surface area contributed by atoms with Crippen LogP contribution in [0.15, 0.2) is 36.7 Å². The highest BCUT2D eigenvalue weighted by Crippen LogP contribution is 2.34. The van der Waals surface area contributed by atoms with Gasteiger partial charge in [-0.25, -0.2) is 9.37 Å². The number of imidazole rings is 1. The lowest BCUT2D eigenvalue weighted by molar-refractivity contribution is 0.170. The number of nitrogen functional groups attached to an aromatic ring is 1. The Bertz CT molecular complexity index is 984. The number of benzene rings is 2. The molecule has 5 nitrogen and oxygen atoms in total. The zero-order valence-corrected chi connectivity index (χ0v) is 16.3. The van der Waals surface area contributed by atoms with Gasteiger partial charge in [0.15, 0.2) is 0 Å². The summed E-state index contributed by atoms with van der Waals surface area (Å²) in [5, 5.41) is 0. The van der Waals surface area contributed by atoms with Crippen LogP contribution in [0.25, 0.3) is 22.2 Å². The van der Waals surface area contributed by atoms with Crippen LogP contribution in [0.1, 0.15) is 13.8 Å². The van der Waals surface area contributed by atoms with Crippen molar-refractivity contribution in [2.24, 2.45) is 7.05 Å². The van der Waals surface area contributed by atoms with Gasteiger partial charge in [0.25, 0.3) is 0 Å². The Morgan fingerprint density at radius 3 is 2.48 bits per heavy atom. The molecule has 27 heavy (non-hydrogen) atoms. The van der Waals surface area contributed by atoms with Crippen molar-refractivity contribution in [3.8, 4) is 11.1 Å². The molecule has 1 aliphatic rings. The van der Waals surface area contributed by atoms with Gasteiger partial charge >= 0.3 is 0 Å². The monoisotopic (exact) mass is 367 g/mol. The predicted molar refractivity (Wildman–Crippen MR) is 109 cm³/mol. The van der Waals surface area contributed by atoms with Crippen LogP contribution in [0.3, 0.4) is 0 Å². The highest BCUT2D eigenvalue weighted by Gasteiger charge is 2.28. The Morgan fingerprint density at radius 2 is 1.78 bits per heavy atom. The van der Waals surface area contributed by atoms with Gasteiger partial charge in [-0.15, -0.1) is 0 Å². The first-order valence-corrected chi connectivity index (χ1v) is 9.32. The summed E-state index contributed by atoms with van der Waals surface area (Å²) < 4.78 is 17.0. The standard InChI is InChI=1S/C21H26FN5/c1-13-10-27(11-14(2)26(13)4)21-9-17(22)16(8-18(21)23)15-5-6-20-19(7-15)24-12-25(20)3/h5-9,12-14H,10-11,23H2,1-4H3/t13-,14+. The predicted octanol–water partition coefficient (Wildman–Crippen LogP) is 3.49. The van der Waals surface area contributed by atoms with E-state index in [-0.39, 0.29) is 5.82 Å². The number of aryl methyl sites for hydroxylation is 1. The molecule has 0 radical (unpaired) electrons. The quantitative estimate of drug-likeness (QED) is 0.705. The molecule has 0 spiro atoms. The first kappa shape index (κ1) is 17.8. The minimum absolute atomic E-state index is 0.256. The van der Waals surface area contributed by atoms with Crippen molar-refractivity contribution in [3.05, 3.63) is 42.5 Å². The lowest BCUT2D eigenvalue weighted by atomic mass is 10.0. The number of halogens is 1. The van der Waals surface area contributed by atoms with Gasteiger partial charge in [0.05, 0.1) is 28.7 Å². The second-order valence-corrected chi connectivity index (χ2v) is 7.72. The van der Waals surface area contributed by atoms with Crippen LogP contribution in [0.4, 0.5) is 15.8 Å². The van der Waals surface area contributed by atoms with E-state index in [0.717, 1.165) is 35.4 Å². The molecule has 0 saturated carbocycles.